The summed E-state index contributed by atoms with van der Waals surface area (Å²) in [7, 11) is 1.25. The molecule has 6 nitrogen and oxygen atoms in total. The van der Waals surface area contributed by atoms with Crippen molar-refractivity contribution in [3.63, 3.8) is 0 Å². The summed E-state index contributed by atoms with van der Waals surface area (Å²) in [6.07, 6.45) is 0.992. The molecular weight excluding hydrogens is 236 g/mol. The summed E-state index contributed by atoms with van der Waals surface area (Å²) in [4.78, 5) is 11.7. The van der Waals surface area contributed by atoms with E-state index in [1.165, 1.54) is 7.11 Å². The van der Waals surface area contributed by atoms with E-state index in [0.29, 0.717) is 11.3 Å². The second-order valence-electron chi connectivity index (χ2n) is 3.37. The molecule has 0 radical (unpaired) electrons. The molecule has 0 aliphatic heterocycles. The predicted molar refractivity (Wildman–Crippen MR) is 62.7 cm³/mol. The summed E-state index contributed by atoms with van der Waals surface area (Å²) in [5, 5.41) is 15.1. The number of carbonyl (C=O) groups excluding carboxylic acids is 1. The van der Waals surface area contributed by atoms with Crippen LogP contribution in [0.5, 0.6) is 0 Å². The van der Waals surface area contributed by atoms with Crippen molar-refractivity contribution in [3.05, 3.63) is 41.7 Å². The van der Waals surface area contributed by atoms with E-state index in [4.69, 9.17) is 9.73 Å². The molecule has 0 aliphatic rings. The molecule has 18 heavy (non-hydrogen) atoms. The van der Waals surface area contributed by atoms with Gasteiger partial charge in [0.2, 0.25) is 0 Å². The first-order valence-corrected chi connectivity index (χ1v) is 5.08. The molecule has 2 aromatic rings. The molecule has 1 N–H and O–H groups in total. The molecule has 0 bridgehead atoms. The van der Waals surface area contributed by atoms with Crippen LogP contribution in [0, 0.1) is 0 Å². The van der Waals surface area contributed by atoms with Gasteiger partial charge in [-0.2, -0.15) is 0 Å². The van der Waals surface area contributed by atoms with Crippen molar-refractivity contribution in [2.75, 3.05) is 7.11 Å². The van der Waals surface area contributed by atoms with Gasteiger partial charge < -0.3 is 14.5 Å². The lowest BCUT2D eigenvalue weighted by Crippen LogP contribution is -2.05. The van der Waals surface area contributed by atoms with Crippen molar-refractivity contribution in [2.45, 2.75) is 0 Å². The molecule has 0 amide bonds. The Morgan fingerprint density at radius 2 is 2.17 bits per heavy atom. The minimum absolute atomic E-state index is 0.0446. The summed E-state index contributed by atoms with van der Waals surface area (Å²) in [6, 6.07) is 9.03. The largest absolute Gasteiger partial charge is 0.465 e. The van der Waals surface area contributed by atoms with Gasteiger partial charge in [0, 0.05) is 5.56 Å². The van der Waals surface area contributed by atoms with Crippen LogP contribution >= 0.6 is 0 Å². The van der Waals surface area contributed by atoms with Crippen molar-refractivity contribution in [3.8, 4) is 11.3 Å². The summed E-state index contributed by atoms with van der Waals surface area (Å²) in [5.41, 5.74) is 1.18. The van der Waals surface area contributed by atoms with Crippen LogP contribution < -0.4 is 0 Å². The van der Waals surface area contributed by atoms with E-state index < -0.39 is 5.97 Å². The smallest absolute Gasteiger partial charge is 0.344 e. The van der Waals surface area contributed by atoms with Gasteiger partial charge in [-0.1, -0.05) is 40.6 Å². The quantitative estimate of drug-likeness (QED) is 0.387. The monoisotopic (exact) mass is 246 g/mol. The van der Waals surface area contributed by atoms with Crippen LogP contribution in [0.4, 0.5) is 0 Å². The van der Waals surface area contributed by atoms with Crippen LogP contribution in [-0.2, 0) is 4.74 Å². The standard InChI is InChI=1S/C12H10N2O4/c1-17-12(15)10-9(7-13-16)18-14-11(10)8-5-3-2-4-6-8/h2-7,16H,1H3/b13-7+. The number of esters is 1. The molecule has 0 spiro atoms. The van der Waals surface area contributed by atoms with Crippen LogP contribution in [0.3, 0.4) is 0 Å². The number of carbonyl (C=O) groups is 1. The maximum atomic E-state index is 11.7. The number of oxime groups is 1. The minimum atomic E-state index is -0.606. The van der Waals surface area contributed by atoms with Crippen molar-refractivity contribution in [2.24, 2.45) is 5.16 Å². The number of hydrogen-bond acceptors (Lipinski definition) is 6. The van der Waals surface area contributed by atoms with Crippen LogP contribution in [0.25, 0.3) is 11.3 Å². The molecule has 1 aromatic heterocycles. The van der Waals surface area contributed by atoms with Gasteiger partial charge in [0.05, 0.1) is 7.11 Å². The average molecular weight is 246 g/mol. The van der Waals surface area contributed by atoms with E-state index >= 15 is 0 Å². The van der Waals surface area contributed by atoms with Gasteiger partial charge in [-0.3, -0.25) is 0 Å². The van der Waals surface area contributed by atoms with E-state index in [9.17, 15) is 4.79 Å². The van der Waals surface area contributed by atoms with E-state index in [-0.39, 0.29) is 11.3 Å². The maximum absolute atomic E-state index is 11.7. The lowest BCUT2D eigenvalue weighted by molar-refractivity contribution is 0.0600. The fourth-order valence-corrected chi connectivity index (χ4v) is 1.54. The molecule has 92 valence electrons. The van der Waals surface area contributed by atoms with E-state index in [1.807, 2.05) is 18.2 Å². The normalized spacial score (nSPS) is 10.7. The third-order valence-electron chi connectivity index (χ3n) is 2.33. The van der Waals surface area contributed by atoms with Gasteiger partial charge in [0.15, 0.2) is 5.76 Å². The Morgan fingerprint density at radius 1 is 1.44 bits per heavy atom. The summed E-state index contributed by atoms with van der Waals surface area (Å²) in [5.74, 6) is -0.562. The van der Waals surface area contributed by atoms with E-state index in [2.05, 4.69) is 15.0 Å². The Kier molecular flexibility index (Phi) is 3.38. The first-order chi connectivity index (χ1) is 8.77. The highest BCUT2D eigenvalue weighted by Gasteiger charge is 2.23. The van der Waals surface area contributed by atoms with Crippen molar-refractivity contribution >= 4 is 12.2 Å². The first kappa shape index (κ1) is 11.8. The van der Waals surface area contributed by atoms with Crippen LogP contribution in [-0.4, -0.2) is 29.7 Å². The van der Waals surface area contributed by atoms with Crippen LogP contribution in [0.2, 0.25) is 0 Å². The zero-order valence-corrected chi connectivity index (χ0v) is 9.53. The Labute approximate surface area is 102 Å². The number of hydrogen-bond donors (Lipinski definition) is 1. The molecule has 0 saturated carbocycles. The Balaban J connectivity index is 2.58. The van der Waals surface area contributed by atoms with Gasteiger partial charge >= 0.3 is 5.97 Å². The molecule has 2 rings (SSSR count). The highest BCUT2D eigenvalue weighted by Crippen LogP contribution is 2.25. The second kappa shape index (κ2) is 5.13. The van der Waals surface area contributed by atoms with Gasteiger partial charge in [0.25, 0.3) is 0 Å². The van der Waals surface area contributed by atoms with Crippen LogP contribution in [0.15, 0.2) is 40.0 Å². The maximum Gasteiger partial charge on any atom is 0.344 e. The molecule has 0 saturated heterocycles. The Morgan fingerprint density at radius 3 is 2.78 bits per heavy atom. The molecular formula is C12H10N2O4. The number of methoxy groups -OCH3 is 1. The fourth-order valence-electron chi connectivity index (χ4n) is 1.54. The van der Waals surface area contributed by atoms with Crippen molar-refractivity contribution in [1.82, 2.24) is 5.16 Å². The highest BCUT2D eigenvalue weighted by atomic mass is 16.5. The molecule has 6 heteroatoms. The highest BCUT2D eigenvalue weighted by molar-refractivity contribution is 6.02. The molecule has 0 atom stereocenters. The lowest BCUT2D eigenvalue weighted by atomic mass is 10.1. The number of ether oxygens (including phenoxy) is 1. The van der Waals surface area contributed by atoms with Gasteiger partial charge in [-0.05, 0) is 0 Å². The van der Waals surface area contributed by atoms with E-state index in [1.54, 1.807) is 12.1 Å². The molecule has 0 fully saturated rings. The summed E-state index contributed by atoms with van der Waals surface area (Å²) < 4.78 is 9.61. The third-order valence-corrected chi connectivity index (χ3v) is 2.33. The third kappa shape index (κ3) is 2.08. The average Bonchev–Trinajstić information content (AvgIpc) is 2.83. The predicted octanol–water partition coefficient (Wildman–Crippen LogP) is 1.94. The van der Waals surface area contributed by atoms with Gasteiger partial charge in [-0.15, -0.1) is 0 Å². The SMILES string of the molecule is COC(=O)c1c(-c2ccccc2)noc1/C=N/O. The lowest BCUT2D eigenvalue weighted by Gasteiger charge is -2.00. The van der Waals surface area contributed by atoms with E-state index in [0.717, 1.165) is 6.21 Å². The first-order valence-electron chi connectivity index (χ1n) is 5.08. The zero-order valence-electron chi connectivity index (χ0n) is 9.53. The zero-order chi connectivity index (χ0) is 13.0. The molecule has 0 aliphatic carbocycles. The summed E-state index contributed by atoms with van der Waals surface area (Å²) >= 11 is 0. The fraction of sp³-hybridized carbons (Fsp3) is 0.0833. The Hall–Kier alpha value is -2.63. The number of benzene rings is 1. The van der Waals surface area contributed by atoms with Crippen molar-refractivity contribution in [1.29, 1.82) is 0 Å². The number of aromatic nitrogens is 1. The number of nitrogens with zero attached hydrogens (tertiary/aromatic N) is 2. The van der Waals surface area contributed by atoms with Crippen LogP contribution in [0.1, 0.15) is 16.1 Å². The topological polar surface area (TPSA) is 84.9 Å². The van der Waals surface area contributed by atoms with Gasteiger partial charge in [0.1, 0.15) is 17.5 Å². The number of rotatable bonds is 3. The molecule has 0 unspecified atom stereocenters. The Bertz CT molecular complexity index is 575. The van der Waals surface area contributed by atoms with Gasteiger partial charge in [-0.25, -0.2) is 4.79 Å². The molecule has 1 heterocycles. The molecule has 1 aromatic carbocycles. The minimum Gasteiger partial charge on any atom is -0.465 e. The van der Waals surface area contributed by atoms with Crippen molar-refractivity contribution < 1.29 is 19.3 Å². The summed E-state index contributed by atoms with van der Waals surface area (Å²) in [6.45, 7) is 0. The second-order valence-corrected chi connectivity index (χ2v) is 3.37.